The monoisotopic (exact) mass is 237 g/mol. The lowest BCUT2D eigenvalue weighted by Crippen LogP contribution is -2.54. The molecule has 88 valence electrons. The van der Waals surface area contributed by atoms with Gasteiger partial charge in [0, 0.05) is 5.54 Å². The van der Waals surface area contributed by atoms with Crippen LogP contribution in [-0.4, -0.2) is 25.6 Å². The van der Waals surface area contributed by atoms with Crippen molar-refractivity contribution in [3.05, 3.63) is 12.7 Å². The van der Waals surface area contributed by atoms with Gasteiger partial charge in [0.05, 0.1) is 5.75 Å². The third-order valence-corrected chi connectivity index (χ3v) is 2.76. The van der Waals surface area contributed by atoms with Gasteiger partial charge in [-0.2, -0.15) is 18.6 Å². The highest BCUT2D eigenvalue weighted by molar-refractivity contribution is 7.86. The topological polar surface area (TPSA) is 111 Å². The molecule has 0 saturated carbocycles. The summed E-state index contributed by atoms with van der Waals surface area (Å²) in [6, 6.07) is 0. The molecule has 0 fully saturated rings. The molecular formula is C7H15N3O4S. The highest BCUT2D eigenvalue weighted by atomic mass is 32.2. The van der Waals surface area contributed by atoms with E-state index >= 15 is 0 Å². The van der Waals surface area contributed by atoms with Crippen molar-refractivity contribution >= 4 is 16.0 Å². The van der Waals surface area contributed by atoms with Crippen molar-refractivity contribution in [2.75, 3.05) is 5.75 Å². The Bertz CT molecular complexity index is 336. The Hall–Kier alpha value is -0.960. The summed E-state index contributed by atoms with van der Waals surface area (Å²) < 4.78 is 25.8. The Balaban J connectivity index is 4.31. The number of rotatable bonds is 6. The fraction of sp³-hybridized carbons (Fsp3) is 0.571. The molecule has 0 aliphatic heterocycles. The highest BCUT2D eigenvalue weighted by Crippen LogP contribution is 2.05. The number of carbonyl (C=O) groups excluding carboxylic acids is 1. The zero-order chi connectivity index (χ0) is 12.1. The summed E-state index contributed by atoms with van der Waals surface area (Å²) in [5.74, 6) is 3.73. The molecule has 0 rings (SSSR count). The number of carbonyl (C=O) groups is 1. The van der Waals surface area contributed by atoms with Crippen LogP contribution in [0.1, 0.15) is 13.8 Å². The number of hydrazine groups is 1. The van der Waals surface area contributed by atoms with Crippen molar-refractivity contribution in [2.45, 2.75) is 19.4 Å². The lowest BCUT2D eigenvalue weighted by atomic mass is 10.1. The van der Waals surface area contributed by atoms with E-state index in [4.69, 9.17) is 0 Å². The van der Waals surface area contributed by atoms with Crippen molar-refractivity contribution in [2.24, 2.45) is 5.90 Å². The molecule has 1 amide bonds. The SMILES string of the molecule is C=CC(=O)NNC(C)(C)CS(=O)(=O)ON. The molecule has 0 aromatic carbocycles. The van der Waals surface area contributed by atoms with Gasteiger partial charge in [-0.3, -0.25) is 10.2 Å². The number of hydrogen-bond donors (Lipinski definition) is 3. The third kappa shape index (κ3) is 6.18. The van der Waals surface area contributed by atoms with Crippen LogP contribution in [0.4, 0.5) is 0 Å². The summed E-state index contributed by atoms with van der Waals surface area (Å²) in [6.07, 6.45) is 1.05. The second-order valence-corrected chi connectivity index (χ2v) is 5.10. The maximum atomic E-state index is 11.0. The predicted molar refractivity (Wildman–Crippen MR) is 54.6 cm³/mol. The highest BCUT2D eigenvalue weighted by Gasteiger charge is 2.26. The Morgan fingerprint density at radius 3 is 2.53 bits per heavy atom. The zero-order valence-corrected chi connectivity index (χ0v) is 9.43. The van der Waals surface area contributed by atoms with E-state index in [-0.39, 0.29) is 5.75 Å². The zero-order valence-electron chi connectivity index (χ0n) is 8.61. The van der Waals surface area contributed by atoms with E-state index in [1.807, 2.05) is 0 Å². The van der Waals surface area contributed by atoms with E-state index in [1.54, 1.807) is 13.8 Å². The maximum Gasteiger partial charge on any atom is 0.284 e. The molecule has 0 aliphatic rings. The first-order valence-electron chi connectivity index (χ1n) is 4.03. The fourth-order valence-electron chi connectivity index (χ4n) is 0.794. The first-order chi connectivity index (χ1) is 6.72. The minimum atomic E-state index is -3.79. The van der Waals surface area contributed by atoms with Crippen LogP contribution in [0.15, 0.2) is 12.7 Å². The Kier molecular flexibility index (Phi) is 4.88. The summed E-state index contributed by atoms with van der Waals surface area (Å²) in [5.41, 5.74) is 3.86. The molecule has 0 aromatic heterocycles. The van der Waals surface area contributed by atoms with E-state index < -0.39 is 21.6 Å². The van der Waals surface area contributed by atoms with Gasteiger partial charge in [-0.15, -0.1) is 0 Å². The van der Waals surface area contributed by atoms with Gasteiger partial charge < -0.3 is 0 Å². The summed E-state index contributed by atoms with van der Waals surface area (Å²) in [5, 5.41) is 0. The molecular weight excluding hydrogens is 222 g/mol. The minimum Gasteiger partial charge on any atom is -0.287 e. The van der Waals surface area contributed by atoms with Gasteiger partial charge in [-0.25, -0.2) is 5.43 Å². The molecule has 0 aromatic rings. The van der Waals surface area contributed by atoms with Crippen molar-refractivity contribution in [3.63, 3.8) is 0 Å². The first kappa shape index (κ1) is 14.0. The molecule has 8 heteroatoms. The van der Waals surface area contributed by atoms with Crippen molar-refractivity contribution in [1.29, 1.82) is 0 Å². The molecule has 0 radical (unpaired) electrons. The van der Waals surface area contributed by atoms with Gasteiger partial charge in [0.15, 0.2) is 0 Å². The van der Waals surface area contributed by atoms with Crippen LogP contribution in [0, 0.1) is 0 Å². The Morgan fingerprint density at radius 2 is 2.13 bits per heavy atom. The van der Waals surface area contributed by atoms with Crippen LogP contribution in [0.5, 0.6) is 0 Å². The fourth-order valence-corrected chi connectivity index (χ4v) is 1.82. The predicted octanol–water partition coefficient (Wildman–Crippen LogP) is -1.21. The van der Waals surface area contributed by atoms with Crippen molar-refractivity contribution in [3.8, 4) is 0 Å². The molecule has 0 atom stereocenters. The normalized spacial score (nSPS) is 12.2. The molecule has 15 heavy (non-hydrogen) atoms. The molecule has 0 aliphatic carbocycles. The quantitative estimate of drug-likeness (QED) is 0.395. The number of nitrogens with one attached hydrogen (secondary N) is 2. The van der Waals surface area contributed by atoms with Crippen LogP contribution in [0.2, 0.25) is 0 Å². The van der Waals surface area contributed by atoms with E-state index in [1.165, 1.54) is 0 Å². The maximum absolute atomic E-state index is 11.0. The molecule has 0 heterocycles. The van der Waals surface area contributed by atoms with Gasteiger partial charge in [0.2, 0.25) is 0 Å². The number of amides is 1. The first-order valence-corrected chi connectivity index (χ1v) is 5.61. The molecule has 4 N–H and O–H groups in total. The van der Waals surface area contributed by atoms with Gasteiger partial charge in [-0.1, -0.05) is 6.58 Å². The lowest BCUT2D eigenvalue weighted by molar-refractivity contribution is -0.117. The molecule has 0 saturated heterocycles. The Labute approximate surface area is 88.7 Å². The number of nitrogens with two attached hydrogens (primary N) is 1. The summed E-state index contributed by atoms with van der Waals surface area (Å²) >= 11 is 0. The second-order valence-electron chi connectivity index (χ2n) is 3.50. The molecule has 0 unspecified atom stereocenters. The summed E-state index contributed by atoms with van der Waals surface area (Å²) in [4.78, 5) is 10.8. The lowest BCUT2D eigenvalue weighted by Gasteiger charge is -2.24. The van der Waals surface area contributed by atoms with Crippen LogP contribution in [-0.2, 0) is 19.2 Å². The second kappa shape index (κ2) is 5.21. The Morgan fingerprint density at radius 1 is 1.60 bits per heavy atom. The van der Waals surface area contributed by atoms with E-state index in [2.05, 4.69) is 27.6 Å². The van der Waals surface area contributed by atoms with E-state index in [0.29, 0.717) is 0 Å². The van der Waals surface area contributed by atoms with E-state index in [9.17, 15) is 13.2 Å². The van der Waals surface area contributed by atoms with Crippen molar-refractivity contribution in [1.82, 2.24) is 10.9 Å². The largest absolute Gasteiger partial charge is 0.287 e. The van der Waals surface area contributed by atoms with Crippen LogP contribution < -0.4 is 16.7 Å². The average molecular weight is 237 g/mol. The minimum absolute atomic E-state index is 0.381. The number of hydrogen-bond acceptors (Lipinski definition) is 6. The standard InChI is InChI=1S/C7H15N3O4S/c1-4-6(11)9-10-7(2,3)5-15(12,13)14-8/h4,10H,1,5,8H2,2-3H3,(H,9,11). The van der Waals surface area contributed by atoms with Gasteiger partial charge in [0.1, 0.15) is 0 Å². The van der Waals surface area contributed by atoms with Gasteiger partial charge >= 0.3 is 0 Å². The molecule has 7 nitrogen and oxygen atoms in total. The third-order valence-electron chi connectivity index (χ3n) is 1.39. The average Bonchev–Trinajstić information content (AvgIpc) is 2.13. The van der Waals surface area contributed by atoms with E-state index in [0.717, 1.165) is 6.08 Å². The van der Waals surface area contributed by atoms with Gasteiger partial charge in [-0.05, 0) is 19.9 Å². The smallest absolute Gasteiger partial charge is 0.284 e. The molecule has 0 spiro atoms. The van der Waals surface area contributed by atoms with Crippen LogP contribution in [0.25, 0.3) is 0 Å². The summed E-state index contributed by atoms with van der Waals surface area (Å²) in [6.45, 7) is 6.36. The van der Waals surface area contributed by atoms with Crippen molar-refractivity contribution < 1.29 is 17.5 Å². The van der Waals surface area contributed by atoms with Crippen LogP contribution >= 0.6 is 0 Å². The van der Waals surface area contributed by atoms with Crippen LogP contribution in [0.3, 0.4) is 0 Å². The molecule has 0 bridgehead atoms. The summed E-state index contributed by atoms with van der Waals surface area (Å²) in [7, 11) is -3.79. The van der Waals surface area contributed by atoms with Gasteiger partial charge in [0.25, 0.3) is 16.0 Å².